The molecule has 0 saturated heterocycles. The predicted octanol–water partition coefficient (Wildman–Crippen LogP) is 6.00. The lowest BCUT2D eigenvalue weighted by molar-refractivity contribution is 0.818. The van der Waals surface area contributed by atoms with Crippen molar-refractivity contribution in [3.05, 3.63) is 90.0 Å². The summed E-state index contributed by atoms with van der Waals surface area (Å²) in [5, 5.41) is 9.96. The summed E-state index contributed by atoms with van der Waals surface area (Å²) in [6.45, 7) is 6.41. The molecular formula is C26H24N6S. The second-order valence-electron chi connectivity index (χ2n) is 8.13. The van der Waals surface area contributed by atoms with E-state index in [4.69, 9.17) is 9.97 Å². The van der Waals surface area contributed by atoms with E-state index in [0.717, 1.165) is 44.7 Å². The number of benzene rings is 2. The normalized spacial score (nSPS) is 11.4. The number of aryl methyl sites for hydroxylation is 1. The van der Waals surface area contributed by atoms with Crippen molar-refractivity contribution in [3.8, 4) is 17.1 Å². The first-order valence-corrected chi connectivity index (χ1v) is 11.9. The van der Waals surface area contributed by atoms with Crippen molar-refractivity contribution in [2.45, 2.75) is 37.6 Å². The van der Waals surface area contributed by atoms with E-state index >= 15 is 0 Å². The van der Waals surface area contributed by atoms with Crippen LogP contribution >= 0.6 is 11.8 Å². The number of hydrogen-bond donors (Lipinski definition) is 0. The molecule has 0 amide bonds. The van der Waals surface area contributed by atoms with E-state index in [9.17, 15) is 0 Å². The van der Waals surface area contributed by atoms with Gasteiger partial charge in [-0.2, -0.15) is 0 Å². The molecule has 3 aromatic heterocycles. The second-order valence-corrected chi connectivity index (χ2v) is 9.07. The van der Waals surface area contributed by atoms with Gasteiger partial charge in [-0.15, -0.1) is 10.2 Å². The zero-order valence-electron chi connectivity index (χ0n) is 18.8. The quantitative estimate of drug-likeness (QED) is 0.295. The number of fused-ring (bicyclic) bond motifs is 1. The van der Waals surface area contributed by atoms with Crippen LogP contribution in [0.2, 0.25) is 0 Å². The molecule has 2 aromatic carbocycles. The first-order valence-electron chi connectivity index (χ1n) is 10.9. The lowest BCUT2D eigenvalue weighted by atomic mass is 10.0. The first-order chi connectivity index (χ1) is 16.1. The average Bonchev–Trinajstić information content (AvgIpc) is 3.27. The van der Waals surface area contributed by atoms with Crippen LogP contribution < -0.4 is 0 Å². The van der Waals surface area contributed by atoms with Crippen molar-refractivity contribution in [2.75, 3.05) is 0 Å². The molecule has 6 nitrogen and oxygen atoms in total. The van der Waals surface area contributed by atoms with Gasteiger partial charge in [0, 0.05) is 23.7 Å². The van der Waals surface area contributed by atoms with Crippen LogP contribution in [0.25, 0.3) is 28.1 Å². The third-order valence-corrected chi connectivity index (χ3v) is 6.47. The summed E-state index contributed by atoms with van der Waals surface area (Å²) < 4.78 is 2.14. The van der Waals surface area contributed by atoms with E-state index in [1.807, 2.05) is 49.5 Å². The van der Waals surface area contributed by atoms with E-state index in [-0.39, 0.29) is 0 Å². The summed E-state index contributed by atoms with van der Waals surface area (Å²) in [6.07, 6.45) is 3.59. The van der Waals surface area contributed by atoms with Crippen molar-refractivity contribution in [2.24, 2.45) is 0 Å². The summed E-state index contributed by atoms with van der Waals surface area (Å²) >= 11 is 1.62. The van der Waals surface area contributed by atoms with Crippen molar-refractivity contribution >= 4 is 22.8 Å². The molecule has 0 saturated carbocycles. The fourth-order valence-corrected chi connectivity index (χ4v) is 4.79. The van der Waals surface area contributed by atoms with Crippen LogP contribution in [0.5, 0.6) is 0 Å². The molecule has 0 aliphatic rings. The fourth-order valence-electron chi connectivity index (χ4n) is 3.84. The molecule has 0 fully saturated rings. The number of nitrogens with zero attached hydrogens (tertiary/aromatic N) is 6. The smallest absolute Gasteiger partial charge is 0.196 e. The van der Waals surface area contributed by atoms with Gasteiger partial charge in [0.1, 0.15) is 0 Å². The predicted molar refractivity (Wildman–Crippen MR) is 133 cm³/mol. The molecule has 0 radical (unpaired) electrons. The van der Waals surface area contributed by atoms with Crippen molar-refractivity contribution in [1.29, 1.82) is 0 Å². The van der Waals surface area contributed by atoms with E-state index in [0.29, 0.717) is 11.7 Å². The summed E-state index contributed by atoms with van der Waals surface area (Å²) in [7, 11) is 0. The van der Waals surface area contributed by atoms with Crippen LogP contribution in [0.4, 0.5) is 0 Å². The Morgan fingerprint density at radius 2 is 1.64 bits per heavy atom. The van der Waals surface area contributed by atoms with Gasteiger partial charge >= 0.3 is 0 Å². The number of hydrogen-bond acceptors (Lipinski definition) is 6. The lowest BCUT2D eigenvalue weighted by Crippen LogP contribution is -2.05. The van der Waals surface area contributed by atoms with Crippen LogP contribution in [0, 0.1) is 6.92 Å². The lowest BCUT2D eigenvalue weighted by Gasteiger charge is -2.17. The highest BCUT2D eigenvalue weighted by Gasteiger charge is 2.20. The minimum atomic E-state index is 0.358. The number of aromatic nitrogens is 6. The third kappa shape index (κ3) is 4.24. The molecule has 7 heteroatoms. The number of pyridine rings is 1. The van der Waals surface area contributed by atoms with Gasteiger partial charge in [-0.05, 0) is 48.7 Å². The maximum absolute atomic E-state index is 4.85. The molecule has 164 valence electrons. The highest BCUT2D eigenvalue weighted by Crippen LogP contribution is 2.33. The van der Waals surface area contributed by atoms with Crippen LogP contribution in [-0.2, 0) is 5.75 Å². The fraction of sp³-hybridized carbons (Fsp3) is 0.192. The Kier molecular flexibility index (Phi) is 5.88. The molecule has 0 N–H and O–H groups in total. The Morgan fingerprint density at radius 3 is 2.39 bits per heavy atom. The van der Waals surface area contributed by atoms with Gasteiger partial charge in [-0.3, -0.25) is 9.55 Å². The Hall–Kier alpha value is -3.58. The van der Waals surface area contributed by atoms with Crippen molar-refractivity contribution in [3.63, 3.8) is 0 Å². The summed E-state index contributed by atoms with van der Waals surface area (Å²) in [6, 6.07) is 20.3. The van der Waals surface area contributed by atoms with Crippen LogP contribution in [0.15, 0.2) is 78.2 Å². The molecule has 0 aliphatic carbocycles. The Bertz CT molecular complexity index is 1410. The van der Waals surface area contributed by atoms with Gasteiger partial charge in [-0.1, -0.05) is 55.9 Å². The van der Waals surface area contributed by atoms with Crippen molar-refractivity contribution < 1.29 is 0 Å². The minimum Gasteiger partial charge on any atom is -0.270 e. The molecule has 5 rings (SSSR count). The van der Waals surface area contributed by atoms with Crippen molar-refractivity contribution in [1.82, 2.24) is 29.7 Å². The van der Waals surface area contributed by atoms with Crippen LogP contribution in [0.1, 0.15) is 36.7 Å². The minimum absolute atomic E-state index is 0.358. The van der Waals surface area contributed by atoms with Gasteiger partial charge in [-0.25, -0.2) is 9.97 Å². The molecule has 0 spiro atoms. The van der Waals surface area contributed by atoms with Gasteiger partial charge in [0.25, 0.3) is 0 Å². The Morgan fingerprint density at radius 1 is 0.879 bits per heavy atom. The van der Waals surface area contributed by atoms with Gasteiger partial charge in [0.05, 0.1) is 28.1 Å². The second kappa shape index (κ2) is 9.11. The van der Waals surface area contributed by atoms with Crippen LogP contribution in [0.3, 0.4) is 0 Å². The molecule has 0 aliphatic heterocycles. The topological polar surface area (TPSA) is 69.4 Å². The van der Waals surface area contributed by atoms with Gasteiger partial charge in [0.15, 0.2) is 11.0 Å². The molecule has 0 unspecified atom stereocenters. The summed E-state index contributed by atoms with van der Waals surface area (Å²) in [5.41, 5.74) is 6.96. The average molecular weight is 453 g/mol. The summed E-state index contributed by atoms with van der Waals surface area (Å²) in [5.74, 6) is 1.79. The summed E-state index contributed by atoms with van der Waals surface area (Å²) in [4.78, 5) is 13.9. The zero-order chi connectivity index (χ0) is 22.8. The highest BCUT2D eigenvalue weighted by molar-refractivity contribution is 7.98. The molecule has 0 atom stereocenters. The Balaban J connectivity index is 1.58. The van der Waals surface area contributed by atoms with E-state index in [1.54, 1.807) is 18.0 Å². The molecular weight excluding hydrogens is 428 g/mol. The molecule has 33 heavy (non-hydrogen) atoms. The van der Waals surface area contributed by atoms with Gasteiger partial charge < -0.3 is 0 Å². The first kappa shape index (κ1) is 21.3. The maximum Gasteiger partial charge on any atom is 0.196 e. The number of rotatable bonds is 6. The maximum atomic E-state index is 4.85. The monoisotopic (exact) mass is 452 g/mol. The van der Waals surface area contributed by atoms with Gasteiger partial charge in [0.2, 0.25) is 0 Å². The van der Waals surface area contributed by atoms with E-state index in [1.165, 1.54) is 5.56 Å². The molecule has 0 bridgehead atoms. The highest BCUT2D eigenvalue weighted by atomic mass is 32.2. The Labute approximate surface area is 197 Å². The largest absolute Gasteiger partial charge is 0.270 e. The van der Waals surface area contributed by atoms with Crippen LogP contribution in [-0.4, -0.2) is 29.7 Å². The molecule has 5 aromatic rings. The zero-order valence-corrected chi connectivity index (χ0v) is 19.6. The number of para-hydroxylation sites is 3. The standard InChI is InChI=1S/C26H24N6S/c1-17(2)20-10-4-7-13-24(20)32-25(19-9-8-14-27-15-19)30-31-26(32)33-16-23-18(3)28-21-11-5-6-12-22(21)29-23/h4-15,17H,16H2,1-3H3. The molecule has 3 heterocycles. The SMILES string of the molecule is Cc1nc2ccccc2nc1CSc1nnc(-c2cccnc2)n1-c1ccccc1C(C)C. The number of thioether (sulfide) groups is 1. The van der Waals surface area contributed by atoms with E-state index in [2.05, 4.69) is 57.9 Å². The van der Waals surface area contributed by atoms with E-state index < -0.39 is 0 Å². The third-order valence-electron chi connectivity index (χ3n) is 5.53.